The highest BCUT2D eigenvalue weighted by molar-refractivity contribution is 6.05. The highest BCUT2D eigenvalue weighted by atomic mass is 16.5. The molecule has 5 heteroatoms. The number of nitrogens with one attached hydrogen (secondary N) is 1. The van der Waals surface area contributed by atoms with Crippen molar-refractivity contribution in [3.8, 4) is 0 Å². The number of carbonyl (C=O) groups is 1. The molecule has 3 rings (SSSR count). The fourth-order valence-corrected chi connectivity index (χ4v) is 3.02. The van der Waals surface area contributed by atoms with Gasteiger partial charge in [0.2, 0.25) is 0 Å². The third-order valence-corrected chi connectivity index (χ3v) is 4.60. The predicted octanol–water partition coefficient (Wildman–Crippen LogP) is 3.23. The molecule has 132 valence electrons. The van der Waals surface area contributed by atoms with E-state index in [0.717, 1.165) is 42.1 Å². The first-order chi connectivity index (χ1) is 12.1. The molecular formula is C20H25N3O2. The van der Waals surface area contributed by atoms with Gasteiger partial charge in [-0.3, -0.25) is 4.79 Å². The Morgan fingerprint density at radius 3 is 2.52 bits per heavy atom. The lowest BCUT2D eigenvalue weighted by molar-refractivity contribution is 0.102. The van der Waals surface area contributed by atoms with E-state index in [0.29, 0.717) is 18.8 Å². The molecule has 1 saturated heterocycles. The summed E-state index contributed by atoms with van der Waals surface area (Å²) in [5.74, 6) is -0.108. The maximum atomic E-state index is 12.6. The zero-order valence-electron chi connectivity index (χ0n) is 14.8. The minimum absolute atomic E-state index is 0.108. The van der Waals surface area contributed by atoms with Crippen molar-refractivity contribution in [2.75, 3.05) is 42.3 Å². The minimum atomic E-state index is -0.108. The van der Waals surface area contributed by atoms with E-state index in [1.54, 1.807) is 0 Å². The van der Waals surface area contributed by atoms with Crippen molar-refractivity contribution in [2.45, 2.75) is 20.3 Å². The average Bonchev–Trinajstić information content (AvgIpc) is 2.64. The lowest BCUT2D eigenvalue weighted by Crippen LogP contribution is -2.36. The highest BCUT2D eigenvalue weighted by Gasteiger charge is 2.16. The van der Waals surface area contributed by atoms with Gasteiger partial charge < -0.3 is 20.7 Å². The highest BCUT2D eigenvalue weighted by Crippen LogP contribution is 2.31. The van der Waals surface area contributed by atoms with E-state index in [2.05, 4.69) is 17.1 Å². The van der Waals surface area contributed by atoms with Crippen LogP contribution in [0.15, 0.2) is 36.4 Å². The van der Waals surface area contributed by atoms with Gasteiger partial charge in [0.15, 0.2) is 0 Å². The van der Waals surface area contributed by atoms with Crippen LogP contribution in [0.1, 0.15) is 28.4 Å². The van der Waals surface area contributed by atoms with Gasteiger partial charge in [0.1, 0.15) is 0 Å². The molecule has 0 atom stereocenters. The second-order valence-electron chi connectivity index (χ2n) is 6.33. The van der Waals surface area contributed by atoms with Crippen LogP contribution in [0.2, 0.25) is 0 Å². The third-order valence-electron chi connectivity index (χ3n) is 4.60. The van der Waals surface area contributed by atoms with Crippen LogP contribution in [-0.2, 0) is 11.2 Å². The number of nitrogen functional groups attached to an aromatic ring is 1. The number of morpholine rings is 1. The van der Waals surface area contributed by atoms with Crippen LogP contribution in [0.3, 0.4) is 0 Å². The summed E-state index contributed by atoms with van der Waals surface area (Å²) in [6, 6.07) is 11.6. The number of amides is 1. The van der Waals surface area contributed by atoms with Crippen molar-refractivity contribution in [1.29, 1.82) is 0 Å². The Morgan fingerprint density at radius 1 is 1.20 bits per heavy atom. The number of nitrogens with two attached hydrogens (primary N) is 1. The zero-order valence-corrected chi connectivity index (χ0v) is 14.8. The molecule has 5 nitrogen and oxygen atoms in total. The lowest BCUT2D eigenvalue weighted by Gasteiger charge is -2.30. The van der Waals surface area contributed by atoms with Gasteiger partial charge in [-0.25, -0.2) is 0 Å². The van der Waals surface area contributed by atoms with E-state index in [1.807, 2.05) is 43.3 Å². The van der Waals surface area contributed by atoms with Gasteiger partial charge in [-0.2, -0.15) is 0 Å². The van der Waals surface area contributed by atoms with Crippen LogP contribution in [0.5, 0.6) is 0 Å². The second-order valence-corrected chi connectivity index (χ2v) is 6.33. The Balaban J connectivity index is 1.82. The number of rotatable bonds is 4. The maximum Gasteiger partial charge on any atom is 0.255 e. The minimum Gasteiger partial charge on any atom is -0.397 e. The second kappa shape index (κ2) is 7.57. The van der Waals surface area contributed by atoms with Gasteiger partial charge >= 0.3 is 0 Å². The van der Waals surface area contributed by atoms with E-state index in [9.17, 15) is 4.79 Å². The van der Waals surface area contributed by atoms with E-state index >= 15 is 0 Å². The van der Waals surface area contributed by atoms with Crippen molar-refractivity contribution in [3.05, 3.63) is 53.1 Å². The van der Waals surface area contributed by atoms with Gasteiger partial charge in [-0.05, 0) is 48.7 Å². The van der Waals surface area contributed by atoms with E-state index in [1.165, 1.54) is 5.56 Å². The van der Waals surface area contributed by atoms with Crippen LogP contribution in [0.25, 0.3) is 0 Å². The number of anilines is 3. The Morgan fingerprint density at radius 2 is 1.88 bits per heavy atom. The summed E-state index contributed by atoms with van der Waals surface area (Å²) in [5, 5.41) is 3.02. The number of benzene rings is 2. The number of hydrogen-bond donors (Lipinski definition) is 2. The lowest BCUT2D eigenvalue weighted by atomic mass is 10.1. The molecule has 25 heavy (non-hydrogen) atoms. The summed E-state index contributed by atoms with van der Waals surface area (Å²) >= 11 is 0. The molecule has 2 aromatic rings. The SMILES string of the molecule is CCc1ccc(C(=O)Nc2cc(N3CCOCC3)c(N)cc2C)cc1. The summed E-state index contributed by atoms with van der Waals surface area (Å²) in [6.07, 6.45) is 0.960. The first-order valence-corrected chi connectivity index (χ1v) is 8.71. The first kappa shape index (κ1) is 17.3. The molecule has 1 heterocycles. The van der Waals surface area contributed by atoms with Crippen LogP contribution in [-0.4, -0.2) is 32.2 Å². The van der Waals surface area contributed by atoms with Crippen molar-refractivity contribution < 1.29 is 9.53 Å². The Labute approximate surface area is 148 Å². The van der Waals surface area contributed by atoms with Crippen molar-refractivity contribution in [3.63, 3.8) is 0 Å². The zero-order chi connectivity index (χ0) is 17.8. The molecule has 1 fully saturated rings. The molecule has 0 spiro atoms. The van der Waals surface area contributed by atoms with Crippen LogP contribution >= 0.6 is 0 Å². The Bertz CT molecular complexity index is 750. The number of carbonyl (C=O) groups excluding carboxylic acids is 1. The summed E-state index contributed by atoms with van der Waals surface area (Å²) in [4.78, 5) is 14.8. The Hall–Kier alpha value is -2.53. The standard InChI is InChI=1S/C20H25N3O2/c1-3-15-4-6-16(7-5-15)20(24)22-18-13-19(17(21)12-14(18)2)23-8-10-25-11-9-23/h4-7,12-13H,3,8-11,21H2,1-2H3,(H,22,24). The average molecular weight is 339 g/mol. The summed E-state index contributed by atoms with van der Waals surface area (Å²) in [6.45, 7) is 7.05. The molecule has 3 N–H and O–H groups in total. The molecule has 0 unspecified atom stereocenters. The molecule has 0 radical (unpaired) electrons. The normalized spacial score (nSPS) is 14.4. The Kier molecular flexibility index (Phi) is 5.24. The van der Waals surface area contributed by atoms with Gasteiger partial charge in [0.05, 0.1) is 24.6 Å². The quantitative estimate of drug-likeness (QED) is 0.839. The number of ether oxygens (including phenoxy) is 1. The predicted molar refractivity (Wildman–Crippen MR) is 102 cm³/mol. The fourth-order valence-electron chi connectivity index (χ4n) is 3.02. The summed E-state index contributed by atoms with van der Waals surface area (Å²) in [5.41, 5.74) is 11.5. The largest absolute Gasteiger partial charge is 0.397 e. The van der Waals surface area contributed by atoms with Crippen LogP contribution < -0.4 is 16.0 Å². The molecule has 1 amide bonds. The van der Waals surface area contributed by atoms with Crippen molar-refractivity contribution in [2.24, 2.45) is 0 Å². The molecule has 0 bridgehead atoms. The van der Waals surface area contributed by atoms with Gasteiger partial charge in [-0.15, -0.1) is 0 Å². The van der Waals surface area contributed by atoms with Gasteiger partial charge in [0.25, 0.3) is 5.91 Å². The van der Waals surface area contributed by atoms with Gasteiger partial charge in [-0.1, -0.05) is 19.1 Å². The fraction of sp³-hybridized carbons (Fsp3) is 0.350. The van der Waals surface area contributed by atoms with Crippen LogP contribution in [0.4, 0.5) is 17.1 Å². The summed E-state index contributed by atoms with van der Waals surface area (Å²) < 4.78 is 5.40. The first-order valence-electron chi connectivity index (χ1n) is 8.71. The third kappa shape index (κ3) is 3.94. The van der Waals surface area contributed by atoms with E-state index < -0.39 is 0 Å². The molecule has 2 aromatic carbocycles. The number of hydrogen-bond acceptors (Lipinski definition) is 4. The van der Waals surface area contributed by atoms with Crippen LogP contribution in [0, 0.1) is 6.92 Å². The molecular weight excluding hydrogens is 314 g/mol. The van der Waals surface area contributed by atoms with Crippen molar-refractivity contribution in [1.82, 2.24) is 0 Å². The molecule has 0 saturated carbocycles. The van der Waals surface area contributed by atoms with Gasteiger partial charge in [0, 0.05) is 24.3 Å². The maximum absolute atomic E-state index is 12.6. The molecule has 0 aromatic heterocycles. The number of nitrogens with zero attached hydrogens (tertiary/aromatic N) is 1. The summed E-state index contributed by atoms with van der Waals surface area (Å²) in [7, 11) is 0. The topological polar surface area (TPSA) is 67.6 Å². The van der Waals surface area contributed by atoms with E-state index in [-0.39, 0.29) is 5.91 Å². The number of aryl methyl sites for hydroxylation is 2. The monoisotopic (exact) mass is 339 g/mol. The molecule has 0 aliphatic carbocycles. The smallest absolute Gasteiger partial charge is 0.255 e. The van der Waals surface area contributed by atoms with Crippen molar-refractivity contribution >= 4 is 23.0 Å². The molecule has 1 aliphatic heterocycles. The molecule has 1 aliphatic rings. The van der Waals surface area contributed by atoms with E-state index in [4.69, 9.17) is 10.5 Å².